The highest BCUT2D eigenvalue weighted by Crippen LogP contribution is 2.31. The van der Waals surface area contributed by atoms with Crippen molar-refractivity contribution in [3.05, 3.63) is 42.1 Å². The Balaban J connectivity index is 1.63. The zero-order valence-electron chi connectivity index (χ0n) is 15.3. The minimum Gasteiger partial charge on any atom is -0.338 e. The molecule has 1 aliphatic rings. The molecule has 0 aliphatic carbocycles. The van der Waals surface area contributed by atoms with Crippen LogP contribution in [-0.2, 0) is 0 Å². The van der Waals surface area contributed by atoms with Crippen LogP contribution < -0.4 is 4.90 Å². The number of nitrogens with zero attached hydrogens (tertiary/aromatic N) is 6. The van der Waals surface area contributed by atoms with Gasteiger partial charge in [-0.15, -0.1) is 0 Å². The third-order valence-electron chi connectivity index (χ3n) is 5.30. The smallest absolute Gasteiger partial charge is 0.225 e. The van der Waals surface area contributed by atoms with Crippen LogP contribution in [0.2, 0.25) is 0 Å². The highest BCUT2D eigenvalue weighted by atomic mass is 19.1. The number of anilines is 1. The SMILES string of the molecule is Cc1nc(N2CCN(C)CC2)ncc1-n1c2ccc(F)cc2c2[nH]ncc21. The molecule has 0 atom stereocenters. The van der Waals surface area contributed by atoms with Crippen molar-refractivity contribution < 1.29 is 4.39 Å². The van der Waals surface area contributed by atoms with Crippen LogP contribution in [0.1, 0.15) is 5.69 Å². The van der Waals surface area contributed by atoms with Gasteiger partial charge in [0.2, 0.25) is 5.95 Å². The maximum atomic E-state index is 13.8. The topological polar surface area (TPSA) is 65.9 Å². The lowest BCUT2D eigenvalue weighted by Gasteiger charge is -2.32. The Morgan fingerprint density at radius 1 is 1.07 bits per heavy atom. The predicted molar refractivity (Wildman–Crippen MR) is 103 cm³/mol. The van der Waals surface area contributed by atoms with E-state index in [1.807, 2.05) is 17.7 Å². The quantitative estimate of drug-likeness (QED) is 0.591. The number of nitrogens with one attached hydrogen (secondary N) is 1. The predicted octanol–water partition coefficient (Wildman–Crippen LogP) is 2.50. The van der Waals surface area contributed by atoms with Crippen molar-refractivity contribution in [1.29, 1.82) is 0 Å². The third kappa shape index (κ3) is 2.56. The maximum Gasteiger partial charge on any atom is 0.225 e. The lowest BCUT2D eigenvalue weighted by atomic mass is 10.2. The summed E-state index contributed by atoms with van der Waals surface area (Å²) in [6, 6.07) is 4.79. The van der Waals surface area contributed by atoms with E-state index in [1.165, 1.54) is 12.1 Å². The second kappa shape index (κ2) is 6.02. The zero-order valence-corrected chi connectivity index (χ0v) is 15.3. The van der Waals surface area contributed by atoms with E-state index >= 15 is 0 Å². The fraction of sp³-hybridized carbons (Fsp3) is 0.316. The number of halogens is 1. The standard InChI is InChI=1S/C19H20FN7/c1-12-16(10-21-19(23-12)26-7-5-25(2)6-8-26)27-15-4-3-13(20)9-14(15)18-17(27)11-22-24-18/h3-4,9-11H,5-8H2,1-2H3,(H,22,24). The van der Waals surface area contributed by atoms with E-state index in [2.05, 4.69) is 32.0 Å². The number of H-pyrrole nitrogens is 1. The molecule has 138 valence electrons. The number of likely N-dealkylation sites (N-methyl/N-ethyl adjacent to an activating group) is 1. The molecule has 1 saturated heterocycles. The largest absolute Gasteiger partial charge is 0.338 e. The van der Waals surface area contributed by atoms with Gasteiger partial charge in [0, 0.05) is 31.6 Å². The molecule has 27 heavy (non-hydrogen) atoms. The molecule has 4 heterocycles. The summed E-state index contributed by atoms with van der Waals surface area (Å²) in [5.74, 6) is 0.491. The molecule has 0 unspecified atom stereocenters. The number of aromatic nitrogens is 5. The Hall–Kier alpha value is -3.00. The van der Waals surface area contributed by atoms with E-state index in [0.29, 0.717) is 0 Å². The minimum atomic E-state index is -0.269. The van der Waals surface area contributed by atoms with Crippen LogP contribution in [0.5, 0.6) is 0 Å². The van der Waals surface area contributed by atoms with Crippen LogP contribution in [0.4, 0.5) is 10.3 Å². The van der Waals surface area contributed by atoms with E-state index in [4.69, 9.17) is 4.98 Å². The summed E-state index contributed by atoms with van der Waals surface area (Å²) >= 11 is 0. The summed E-state index contributed by atoms with van der Waals surface area (Å²) in [7, 11) is 2.13. The molecule has 1 aliphatic heterocycles. The van der Waals surface area contributed by atoms with Gasteiger partial charge in [-0.05, 0) is 32.2 Å². The maximum absolute atomic E-state index is 13.8. The molecule has 0 spiro atoms. The van der Waals surface area contributed by atoms with Gasteiger partial charge in [-0.1, -0.05) is 0 Å². The van der Waals surface area contributed by atoms with Gasteiger partial charge >= 0.3 is 0 Å². The minimum absolute atomic E-state index is 0.269. The first-order valence-corrected chi connectivity index (χ1v) is 9.02. The van der Waals surface area contributed by atoms with Crippen molar-refractivity contribution in [3.63, 3.8) is 0 Å². The van der Waals surface area contributed by atoms with E-state index in [9.17, 15) is 4.39 Å². The summed E-state index contributed by atoms with van der Waals surface area (Å²) in [4.78, 5) is 13.9. The van der Waals surface area contributed by atoms with Crippen molar-refractivity contribution in [2.24, 2.45) is 0 Å². The lowest BCUT2D eigenvalue weighted by Crippen LogP contribution is -2.45. The van der Waals surface area contributed by atoms with Crippen molar-refractivity contribution in [2.45, 2.75) is 6.92 Å². The number of hydrogen-bond acceptors (Lipinski definition) is 5. The molecular formula is C19H20FN7. The second-order valence-corrected chi connectivity index (χ2v) is 7.06. The second-order valence-electron chi connectivity index (χ2n) is 7.06. The number of aryl methyl sites for hydroxylation is 1. The van der Waals surface area contributed by atoms with Gasteiger partial charge in [-0.3, -0.25) is 5.10 Å². The average Bonchev–Trinajstić information content (AvgIpc) is 3.24. The highest BCUT2D eigenvalue weighted by Gasteiger charge is 2.20. The first-order chi connectivity index (χ1) is 13.1. The molecule has 5 rings (SSSR count). The van der Waals surface area contributed by atoms with Gasteiger partial charge in [-0.2, -0.15) is 5.10 Å². The van der Waals surface area contributed by atoms with E-state index < -0.39 is 0 Å². The van der Waals surface area contributed by atoms with Crippen LogP contribution in [0.25, 0.3) is 27.6 Å². The van der Waals surface area contributed by atoms with Crippen LogP contribution >= 0.6 is 0 Å². The van der Waals surface area contributed by atoms with Crippen molar-refractivity contribution >= 4 is 27.9 Å². The fourth-order valence-corrected chi connectivity index (χ4v) is 3.77. The molecule has 4 aromatic rings. The van der Waals surface area contributed by atoms with Crippen LogP contribution in [0.15, 0.2) is 30.6 Å². The highest BCUT2D eigenvalue weighted by molar-refractivity contribution is 6.06. The number of fused-ring (bicyclic) bond motifs is 3. The fourth-order valence-electron chi connectivity index (χ4n) is 3.77. The normalized spacial score (nSPS) is 15.9. The number of rotatable bonds is 2. The third-order valence-corrected chi connectivity index (χ3v) is 5.30. The molecule has 1 N–H and O–H groups in total. The van der Waals surface area contributed by atoms with Crippen LogP contribution in [-0.4, -0.2) is 62.9 Å². The zero-order chi connectivity index (χ0) is 18.5. The lowest BCUT2D eigenvalue weighted by molar-refractivity contribution is 0.311. The van der Waals surface area contributed by atoms with Gasteiger partial charge in [-0.25, -0.2) is 14.4 Å². The van der Waals surface area contributed by atoms with E-state index in [-0.39, 0.29) is 5.82 Å². The summed E-state index contributed by atoms with van der Waals surface area (Å²) in [6.45, 7) is 5.85. The summed E-state index contributed by atoms with van der Waals surface area (Å²) in [5, 5.41) is 7.90. The Bertz CT molecular complexity index is 1140. The number of piperazine rings is 1. The molecule has 3 aromatic heterocycles. The van der Waals surface area contributed by atoms with Crippen molar-refractivity contribution in [1.82, 2.24) is 29.6 Å². The average molecular weight is 365 g/mol. The summed E-state index contributed by atoms with van der Waals surface area (Å²) in [6.07, 6.45) is 3.60. The molecular weight excluding hydrogens is 345 g/mol. The van der Waals surface area contributed by atoms with Gasteiger partial charge in [0.15, 0.2) is 0 Å². The van der Waals surface area contributed by atoms with Crippen LogP contribution in [0, 0.1) is 12.7 Å². The first kappa shape index (κ1) is 16.2. The Labute approximate surface area is 155 Å². The van der Waals surface area contributed by atoms with E-state index in [1.54, 1.807) is 12.3 Å². The van der Waals surface area contributed by atoms with Crippen molar-refractivity contribution in [2.75, 3.05) is 38.1 Å². The monoisotopic (exact) mass is 365 g/mol. The molecule has 1 fully saturated rings. The van der Waals surface area contributed by atoms with Gasteiger partial charge in [0.05, 0.1) is 40.3 Å². The summed E-state index contributed by atoms with van der Waals surface area (Å²) < 4.78 is 15.8. The molecule has 7 nitrogen and oxygen atoms in total. The van der Waals surface area contributed by atoms with Crippen LogP contribution in [0.3, 0.4) is 0 Å². The molecule has 1 aromatic carbocycles. The van der Waals surface area contributed by atoms with Gasteiger partial charge < -0.3 is 14.4 Å². The molecule has 0 radical (unpaired) electrons. The Morgan fingerprint density at radius 2 is 1.89 bits per heavy atom. The summed E-state index contributed by atoms with van der Waals surface area (Å²) in [5.41, 5.74) is 4.35. The molecule has 0 amide bonds. The van der Waals surface area contributed by atoms with Crippen molar-refractivity contribution in [3.8, 4) is 5.69 Å². The van der Waals surface area contributed by atoms with E-state index in [0.717, 1.165) is 65.4 Å². The Morgan fingerprint density at radius 3 is 2.67 bits per heavy atom. The Kier molecular flexibility index (Phi) is 3.61. The molecule has 0 saturated carbocycles. The number of benzene rings is 1. The van der Waals surface area contributed by atoms with Gasteiger partial charge in [0.1, 0.15) is 5.82 Å². The number of hydrogen-bond donors (Lipinski definition) is 1. The molecule has 8 heteroatoms. The van der Waals surface area contributed by atoms with Gasteiger partial charge in [0.25, 0.3) is 0 Å². The molecule has 0 bridgehead atoms. The number of aromatic amines is 1. The first-order valence-electron chi connectivity index (χ1n) is 9.02.